The van der Waals surface area contributed by atoms with Crippen molar-refractivity contribution in [2.75, 3.05) is 19.7 Å². The van der Waals surface area contributed by atoms with Gasteiger partial charge in [-0.05, 0) is 44.4 Å². The normalized spacial score (nSPS) is 19.0. The lowest BCUT2D eigenvalue weighted by Gasteiger charge is -2.31. The topological polar surface area (TPSA) is 62.8 Å². The van der Waals surface area contributed by atoms with Gasteiger partial charge in [0.2, 0.25) is 0 Å². The molecule has 0 aliphatic carbocycles. The van der Waals surface area contributed by atoms with Gasteiger partial charge in [-0.3, -0.25) is 0 Å². The van der Waals surface area contributed by atoms with Crippen molar-refractivity contribution in [1.82, 2.24) is 10.6 Å². The van der Waals surface area contributed by atoms with E-state index in [2.05, 4.69) is 48.7 Å². The lowest BCUT2D eigenvalue weighted by Crippen LogP contribution is -2.49. The molecule has 0 spiro atoms. The van der Waals surface area contributed by atoms with Crippen LogP contribution in [0.1, 0.15) is 25.8 Å². The molecule has 5 nitrogen and oxygen atoms in total. The van der Waals surface area contributed by atoms with Gasteiger partial charge in [0.15, 0.2) is 11.5 Å². The van der Waals surface area contributed by atoms with Gasteiger partial charge in [-0.1, -0.05) is 42.5 Å². The van der Waals surface area contributed by atoms with Crippen LogP contribution in [0.3, 0.4) is 0 Å². The van der Waals surface area contributed by atoms with Gasteiger partial charge in [0.25, 0.3) is 0 Å². The Hall–Kier alpha value is -2.08. The highest BCUT2D eigenvalue weighted by Crippen LogP contribution is 2.31. The van der Waals surface area contributed by atoms with Gasteiger partial charge < -0.3 is 25.2 Å². The van der Waals surface area contributed by atoms with Crippen LogP contribution in [-0.4, -0.2) is 49.1 Å². The molecule has 1 aliphatic rings. The number of hydrogen-bond acceptors (Lipinski definition) is 5. The van der Waals surface area contributed by atoms with Gasteiger partial charge in [0.1, 0.15) is 12.7 Å². The van der Waals surface area contributed by atoms with Gasteiger partial charge in [0.05, 0.1) is 6.10 Å². The summed E-state index contributed by atoms with van der Waals surface area (Å²) in [4.78, 5) is 0. The van der Waals surface area contributed by atoms with Crippen molar-refractivity contribution < 1.29 is 14.6 Å². The first kappa shape index (κ1) is 20.6. The average molecular weight is 385 g/mol. The molecule has 0 saturated heterocycles. The quantitative estimate of drug-likeness (QED) is 0.588. The van der Waals surface area contributed by atoms with Crippen LogP contribution < -0.4 is 20.1 Å². The van der Waals surface area contributed by atoms with E-state index >= 15 is 0 Å². The summed E-state index contributed by atoms with van der Waals surface area (Å²) in [5.74, 6) is 1.57. The Morgan fingerprint density at radius 1 is 0.964 bits per heavy atom. The first-order valence-corrected chi connectivity index (χ1v) is 10.2. The number of aliphatic hydroxyl groups is 1. The molecule has 1 heterocycles. The lowest BCUT2D eigenvalue weighted by molar-refractivity contribution is 0.0611. The number of para-hydroxylation sites is 2. The van der Waals surface area contributed by atoms with Crippen LogP contribution in [0.2, 0.25) is 0 Å². The zero-order chi connectivity index (χ0) is 19.8. The molecule has 0 amide bonds. The molecule has 1 aliphatic heterocycles. The lowest BCUT2D eigenvalue weighted by atomic mass is 10.1. The maximum Gasteiger partial charge on any atom is 0.161 e. The van der Waals surface area contributed by atoms with Crippen LogP contribution in [0.5, 0.6) is 11.5 Å². The van der Waals surface area contributed by atoms with Gasteiger partial charge in [-0.2, -0.15) is 0 Å². The Morgan fingerprint density at radius 2 is 1.64 bits per heavy atom. The zero-order valence-electron chi connectivity index (χ0n) is 16.8. The maximum absolute atomic E-state index is 10.3. The van der Waals surface area contributed by atoms with E-state index < -0.39 is 6.10 Å². The minimum Gasteiger partial charge on any atom is -0.486 e. The third-order valence-corrected chi connectivity index (χ3v) is 5.17. The predicted molar refractivity (Wildman–Crippen MR) is 112 cm³/mol. The number of hydrogen-bond donors (Lipinski definition) is 3. The van der Waals surface area contributed by atoms with Crippen LogP contribution in [0, 0.1) is 0 Å². The highest BCUT2D eigenvalue weighted by Gasteiger charge is 2.26. The average Bonchev–Trinajstić information content (AvgIpc) is 2.75. The van der Waals surface area contributed by atoms with Crippen LogP contribution in [-0.2, 0) is 6.42 Å². The molecule has 4 atom stereocenters. The Morgan fingerprint density at radius 3 is 2.43 bits per heavy atom. The second kappa shape index (κ2) is 10.5. The van der Waals surface area contributed by atoms with Crippen LogP contribution >= 0.6 is 0 Å². The monoisotopic (exact) mass is 384 g/mol. The molecule has 0 fully saturated rings. The number of aliphatic hydroxyl groups excluding tert-OH is 1. The summed E-state index contributed by atoms with van der Waals surface area (Å²) in [6.45, 7) is 5.82. The zero-order valence-corrected chi connectivity index (χ0v) is 16.8. The number of nitrogens with one attached hydrogen (secondary N) is 2. The largest absolute Gasteiger partial charge is 0.486 e. The number of fused-ring (bicyclic) bond motifs is 1. The van der Waals surface area contributed by atoms with Crippen molar-refractivity contribution in [1.29, 1.82) is 0 Å². The van der Waals surface area contributed by atoms with E-state index in [4.69, 9.17) is 9.47 Å². The van der Waals surface area contributed by atoms with E-state index in [9.17, 15) is 5.11 Å². The van der Waals surface area contributed by atoms with Gasteiger partial charge >= 0.3 is 0 Å². The van der Waals surface area contributed by atoms with Crippen molar-refractivity contribution in [2.45, 2.75) is 51.0 Å². The maximum atomic E-state index is 10.3. The summed E-state index contributed by atoms with van der Waals surface area (Å²) in [6, 6.07) is 18.7. The smallest absolute Gasteiger partial charge is 0.161 e. The molecule has 3 rings (SSSR count). The SMILES string of the molecule is C[C@H](CCc1ccccc1)NC[C@H](O)CN[C@@H](C)[C@H]1COc2ccccc2O1. The van der Waals surface area contributed by atoms with Crippen molar-refractivity contribution in [2.24, 2.45) is 0 Å². The molecule has 3 N–H and O–H groups in total. The van der Waals surface area contributed by atoms with Crippen molar-refractivity contribution in [3.63, 3.8) is 0 Å². The van der Waals surface area contributed by atoms with E-state index in [-0.39, 0.29) is 12.1 Å². The standard InChI is InChI=1S/C23H32N2O3/c1-17(12-13-19-8-4-3-5-9-19)24-14-20(26)15-25-18(2)23-16-27-21-10-6-7-11-22(21)28-23/h3-11,17-18,20,23-26H,12-16H2,1-2H3/t17-,18+,20+,23-/m1/s1. The first-order chi connectivity index (χ1) is 13.6. The van der Waals surface area contributed by atoms with Gasteiger partial charge in [-0.15, -0.1) is 0 Å². The van der Waals surface area contributed by atoms with Crippen molar-refractivity contribution in [3.05, 3.63) is 60.2 Å². The molecule has 0 aromatic heterocycles. The Bertz CT molecular complexity index is 710. The molecule has 2 aromatic rings. The van der Waals surface area contributed by atoms with E-state index in [1.165, 1.54) is 5.56 Å². The number of aryl methyl sites for hydroxylation is 1. The minimum absolute atomic E-state index is 0.0696. The first-order valence-electron chi connectivity index (χ1n) is 10.2. The highest BCUT2D eigenvalue weighted by atomic mass is 16.6. The summed E-state index contributed by atoms with van der Waals surface area (Å²) < 4.78 is 11.8. The summed E-state index contributed by atoms with van der Waals surface area (Å²) >= 11 is 0. The molecule has 28 heavy (non-hydrogen) atoms. The molecule has 152 valence electrons. The van der Waals surface area contributed by atoms with E-state index in [1.807, 2.05) is 30.3 Å². The fraction of sp³-hybridized carbons (Fsp3) is 0.478. The third-order valence-electron chi connectivity index (χ3n) is 5.17. The highest BCUT2D eigenvalue weighted by molar-refractivity contribution is 5.40. The third kappa shape index (κ3) is 6.23. The van der Waals surface area contributed by atoms with Crippen molar-refractivity contribution >= 4 is 0 Å². The fourth-order valence-electron chi connectivity index (χ4n) is 3.27. The Kier molecular flexibility index (Phi) is 7.71. The Labute approximate surface area is 168 Å². The molecule has 0 bridgehead atoms. The molecule has 5 heteroatoms. The predicted octanol–water partition coefficient (Wildman–Crippen LogP) is 2.78. The van der Waals surface area contributed by atoms with E-state index in [1.54, 1.807) is 0 Å². The summed E-state index contributed by atoms with van der Waals surface area (Å²) in [5.41, 5.74) is 1.35. The van der Waals surface area contributed by atoms with Crippen LogP contribution in [0.25, 0.3) is 0 Å². The molecule has 0 radical (unpaired) electrons. The van der Waals surface area contributed by atoms with Crippen LogP contribution in [0.4, 0.5) is 0 Å². The van der Waals surface area contributed by atoms with E-state index in [0.29, 0.717) is 25.7 Å². The van der Waals surface area contributed by atoms with Gasteiger partial charge in [-0.25, -0.2) is 0 Å². The number of ether oxygens (including phenoxy) is 2. The molecule has 0 unspecified atom stereocenters. The van der Waals surface area contributed by atoms with E-state index in [0.717, 1.165) is 24.3 Å². The van der Waals surface area contributed by atoms with Crippen molar-refractivity contribution in [3.8, 4) is 11.5 Å². The summed E-state index contributed by atoms with van der Waals surface area (Å²) in [5, 5.41) is 17.1. The molecular formula is C23H32N2O3. The summed E-state index contributed by atoms with van der Waals surface area (Å²) in [7, 11) is 0. The van der Waals surface area contributed by atoms with Crippen LogP contribution in [0.15, 0.2) is 54.6 Å². The molecule has 2 aromatic carbocycles. The molecule has 0 saturated carbocycles. The number of benzene rings is 2. The second-order valence-electron chi connectivity index (χ2n) is 7.60. The minimum atomic E-state index is -0.446. The second-order valence-corrected chi connectivity index (χ2v) is 7.60. The fourth-order valence-corrected chi connectivity index (χ4v) is 3.27. The molecular weight excluding hydrogens is 352 g/mol. The van der Waals surface area contributed by atoms with Gasteiger partial charge in [0, 0.05) is 25.2 Å². The number of rotatable bonds is 10. The Balaban J connectivity index is 1.32. The summed E-state index contributed by atoms with van der Waals surface area (Å²) in [6.07, 6.45) is 1.58.